The number of nitrogens with zero attached hydrogens (tertiary/aromatic N) is 3. The van der Waals surface area contributed by atoms with Crippen molar-refractivity contribution in [3.63, 3.8) is 0 Å². The fourth-order valence-electron chi connectivity index (χ4n) is 1.61. The average Bonchev–Trinajstić information content (AvgIpc) is 2.57. The van der Waals surface area contributed by atoms with E-state index in [0.29, 0.717) is 10.6 Å². The second kappa shape index (κ2) is 3.99. The first-order chi connectivity index (χ1) is 7.65. The summed E-state index contributed by atoms with van der Waals surface area (Å²) in [5.74, 6) is 0. The smallest absolute Gasteiger partial charge is 0.101 e. The third-order valence-electron chi connectivity index (χ3n) is 2.46. The number of benzene rings is 1. The number of aryl methyl sites for hydroxylation is 1. The van der Waals surface area contributed by atoms with E-state index in [9.17, 15) is 0 Å². The van der Waals surface area contributed by atoms with E-state index in [1.807, 2.05) is 32.0 Å². The molecule has 0 saturated carbocycles. The molecule has 0 saturated heterocycles. The lowest BCUT2D eigenvalue weighted by Gasteiger charge is -2.05. The van der Waals surface area contributed by atoms with Crippen molar-refractivity contribution < 1.29 is 0 Å². The van der Waals surface area contributed by atoms with E-state index < -0.39 is 0 Å². The topological polar surface area (TPSA) is 41.6 Å². The van der Waals surface area contributed by atoms with E-state index in [1.54, 1.807) is 10.7 Å². The summed E-state index contributed by atoms with van der Waals surface area (Å²) in [5.41, 5.74) is 2.97. The summed E-state index contributed by atoms with van der Waals surface area (Å²) >= 11 is 6.08. The lowest BCUT2D eigenvalue weighted by Crippen LogP contribution is -2.01. The van der Waals surface area contributed by atoms with Crippen LogP contribution >= 0.6 is 11.6 Å². The largest absolute Gasteiger partial charge is 0.235 e. The molecule has 3 nitrogen and oxygen atoms in total. The molecule has 0 radical (unpaired) electrons. The van der Waals surface area contributed by atoms with Gasteiger partial charge in [0.2, 0.25) is 0 Å². The molecule has 0 spiro atoms. The molecule has 1 aromatic heterocycles. The van der Waals surface area contributed by atoms with Crippen molar-refractivity contribution >= 4 is 11.6 Å². The van der Waals surface area contributed by atoms with Crippen molar-refractivity contribution in [3.05, 3.63) is 46.2 Å². The van der Waals surface area contributed by atoms with Gasteiger partial charge in [0.1, 0.15) is 6.07 Å². The molecular weight excluding hydrogens is 222 g/mol. The van der Waals surface area contributed by atoms with E-state index in [4.69, 9.17) is 16.9 Å². The minimum atomic E-state index is 0.588. The van der Waals surface area contributed by atoms with Gasteiger partial charge in [0.05, 0.1) is 27.7 Å². The highest BCUT2D eigenvalue weighted by molar-refractivity contribution is 6.31. The predicted octanol–water partition coefficient (Wildman–Crippen LogP) is 3.01. The molecular formula is C12H10ClN3. The van der Waals surface area contributed by atoms with Crippen LogP contribution in [0, 0.1) is 25.2 Å². The molecule has 0 N–H and O–H groups in total. The molecule has 4 heteroatoms. The minimum absolute atomic E-state index is 0.588. The van der Waals surface area contributed by atoms with Crippen LogP contribution in [0.3, 0.4) is 0 Å². The second-order valence-electron chi connectivity index (χ2n) is 3.53. The molecule has 0 atom stereocenters. The van der Waals surface area contributed by atoms with Gasteiger partial charge < -0.3 is 0 Å². The molecule has 80 valence electrons. The lowest BCUT2D eigenvalue weighted by molar-refractivity contribution is 0.831. The summed E-state index contributed by atoms with van der Waals surface area (Å²) in [6.45, 7) is 3.73. The standard InChI is InChI=1S/C12H10ClN3/c1-8-12(13)9(2)16(15-8)11-6-4-3-5-10(11)7-14/h3-6H,1-2H3. The Morgan fingerprint density at radius 1 is 1.31 bits per heavy atom. The summed E-state index contributed by atoms with van der Waals surface area (Å²) in [7, 11) is 0. The SMILES string of the molecule is Cc1nn(-c2ccccc2C#N)c(C)c1Cl. The van der Waals surface area contributed by atoms with Crippen LogP contribution in [-0.2, 0) is 0 Å². The molecule has 0 unspecified atom stereocenters. The van der Waals surface area contributed by atoms with E-state index in [1.165, 1.54) is 0 Å². The lowest BCUT2D eigenvalue weighted by atomic mass is 10.2. The Balaban J connectivity index is 2.69. The molecule has 2 rings (SSSR count). The first kappa shape index (κ1) is 10.7. The number of nitriles is 1. The van der Waals surface area contributed by atoms with Crippen molar-refractivity contribution in [3.8, 4) is 11.8 Å². The van der Waals surface area contributed by atoms with Crippen LogP contribution < -0.4 is 0 Å². The average molecular weight is 232 g/mol. The summed E-state index contributed by atoms with van der Waals surface area (Å²) in [6, 6.07) is 9.47. The molecule has 16 heavy (non-hydrogen) atoms. The Morgan fingerprint density at radius 2 is 2.00 bits per heavy atom. The van der Waals surface area contributed by atoms with E-state index in [2.05, 4.69) is 11.2 Å². The van der Waals surface area contributed by atoms with Crippen molar-refractivity contribution in [1.29, 1.82) is 5.26 Å². The maximum Gasteiger partial charge on any atom is 0.101 e. The van der Waals surface area contributed by atoms with Gasteiger partial charge >= 0.3 is 0 Å². The van der Waals surface area contributed by atoms with Crippen molar-refractivity contribution in [2.75, 3.05) is 0 Å². The van der Waals surface area contributed by atoms with Crippen LogP contribution in [0.4, 0.5) is 0 Å². The van der Waals surface area contributed by atoms with Gasteiger partial charge in [0, 0.05) is 0 Å². The molecule has 1 heterocycles. The fourth-order valence-corrected chi connectivity index (χ4v) is 1.73. The van der Waals surface area contributed by atoms with Gasteiger partial charge in [-0.25, -0.2) is 4.68 Å². The second-order valence-corrected chi connectivity index (χ2v) is 3.90. The quantitative estimate of drug-likeness (QED) is 0.757. The van der Waals surface area contributed by atoms with Gasteiger partial charge in [-0.1, -0.05) is 23.7 Å². The number of aromatic nitrogens is 2. The fraction of sp³-hybridized carbons (Fsp3) is 0.167. The van der Waals surface area contributed by atoms with Crippen molar-refractivity contribution in [2.45, 2.75) is 13.8 Å². The molecule has 2 aromatic rings. The molecule has 0 aliphatic carbocycles. The highest BCUT2D eigenvalue weighted by Gasteiger charge is 2.12. The number of halogens is 1. The third-order valence-corrected chi connectivity index (χ3v) is 3.00. The summed E-state index contributed by atoms with van der Waals surface area (Å²) in [6.07, 6.45) is 0. The zero-order valence-electron chi connectivity index (χ0n) is 9.03. The highest BCUT2D eigenvalue weighted by Crippen LogP contribution is 2.23. The van der Waals surface area contributed by atoms with Gasteiger partial charge in [-0.15, -0.1) is 0 Å². The Bertz CT molecular complexity index is 578. The van der Waals surface area contributed by atoms with Gasteiger partial charge in [0.15, 0.2) is 0 Å². The Hall–Kier alpha value is -1.79. The monoisotopic (exact) mass is 231 g/mol. The molecule has 0 amide bonds. The van der Waals surface area contributed by atoms with Gasteiger partial charge in [0.25, 0.3) is 0 Å². The zero-order chi connectivity index (χ0) is 11.7. The summed E-state index contributed by atoms with van der Waals surface area (Å²) in [5, 5.41) is 14.0. The van der Waals surface area contributed by atoms with Gasteiger partial charge in [-0.2, -0.15) is 10.4 Å². The number of para-hydroxylation sites is 1. The van der Waals surface area contributed by atoms with Crippen LogP contribution in [-0.4, -0.2) is 9.78 Å². The first-order valence-corrected chi connectivity index (χ1v) is 5.24. The molecule has 0 aliphatic heterocycles. The van der Waals surface area contributed by atoms with Crippen LogP contribution in [0.15, 0.2) is 24.3 Å². The Morgan fingerprint density at radius 3 is 2.56 bits per heavy atom. The minimum Gasteiger partial charge on any atom is -0.235 e. The number of hydrogen-bond donors (Lipinski definition) is 0. The molecule has 1 aromatic carbocycles. The first-order valence-electron chi connectivity index (χ1n) is 4.86. The Kier molecular flexibility index (Phi) is 2.67. The van der Waals surface area contributed by atoms with E-state index in [-0.39, 0.29) is 0 Å². The Labute approximate surface area is 98.9 Å². The summed E-state index contributed by atoms with van der Waals surface area (Å²) in [4.78, 5) is 0. The predicted molar refractivity (Wildman–Crippen MR) is 62.8 cm³/mol. The van der Waals surface area contributed by atoms with Crippen LogP contribution in [0.2, 0.25) is 5.02 Å². The third kappa shape index (κ3) is 1.58. The van der Waals surface area contributed by atoms with Gasteiger partial charge in [-0.3, -0.25) is 0 Å². The normalized spacial score (nSPS) is 10.1. The van der Waals surface area contributed by atoms with Gasteiger partial charge in [-0.05, 0) is 26.0 Å². The van der Waals surface area contributed by atoms with E-state index >= 15 is 0 Å². The molecule has 0 fully saturated rings. The maximum absolute atomic E-state index is 9.02. The van der Waals surface area contributed by atoms with E-state index in [0.717, 1.165) is 17.1 Å². The van der Waals surface area contributed by atoms with Crippen LogP contribution in [0.1, 0.15) is 17.0 Å². The van der Waals surface area contributed by atoms with Crippen molar-refractivity contribution in [1.82, 2.24) is 9.78 Å². The number of rotatable bonds is 1. The molecule has 0 bridgehead atoms. The number of hydrogen-bond acceptors (Lipinski definition) is 2. The molecule has 0 aliphatic rings. The zero-order valence-corrected chi connectivity index (χ0v) is 9.78. The van der Waals surface area contributed by atoms with Crippen molar-refractivity contribution in [2.24, 2.45) is 0 Å². The maximum atomic E-state index is 9.02. The van der Waals surface area contributed by atoms with Crippen LogP contribution in [0.25, 0.3) is 5.69 Å². The summed E-state index contributed by atoms with van der Waals surface area (Å²) < 4.78 is 1.70. The van der Waals surface area contributed by atoms with Crippen LogP contribution in [0.5, 0.6) is 0 Å². The highest BCUT2D eigenvalue weighted by atomic mass is 35.5.